The van der Waals surface area contributed by atoms with Crippen LogP contribution < -0.4 is 5.56 Å². The van der Waals surface area contributed by atoms with Gasteiger partial charge < -0.3 is 4.98 Å². The van der Waals surface area contributed by atoms with Crippen molar-refractivity contribution < 1.29 is 0 Å². The van der Waals surface area contributed by atoms with Crippen molar-refractivity contribution in [3.63, 3.8) is 0 Å². The van der Waals surface area contributed by atoms with Gasteiger partial charge in [0.25, 0.3) is 5.56 Å². The molecular weight excluding hydrogens is 224 g/mol. The zero-order valence-electron chi connectivity index (χ0n) is 8.88. The first-order valence-corrected chi connectivity index (χ1v) is 5.39. The minimum Gasteiger partial charge on any atom is -0.318 e. The molecule has 0 fully saturated rings. The topological polar surface area (TPSA) is 45.8 Å². The Hall–Kier alpha value is -1.61. The molecule has 0 aliphatic heterocycles. The molecule has 2 rings (SSSR count). The first-order chi connectivity index (χ1) is 7.67. The van der Waals surface area contributed by atoms with Crippen molar-refractivity contribution in [1.29, 1.82) is 0 Å². The first kappa shape index (κ1) is 10.9. The van der Waals surface area contributed by atoms with Crippen LogP contribution in [0.2, 0.25) is 5.02 Å². The van der Waals surface area contributed by atoms with Gasteiger partial charge >= 0.3 is 0 Å². The van der Waals surface area contributed by atoms with Crippen LogP contribution in [-0.2, 0) is 6.42 Å². The van der Waals surface area contributed by atoms with Gasteiger partial charge in [-0.15, -0.1) is 0 Å². The molecular formula is C12H11ClN2O. The largest absolute Gasteiger partial charge is 0.318 e. The monoisotopic (exact) mass is 234 g/mol. The highest BCUT2D eigenvalue weighted by molar-refractivity contribution is 6.36. The summed E-state index contributed by atoms with van der Waals surface area (Å²) in [5.74, 6) is 0. The van der Waals surface area contributed by atoms with E-state index >= 15 is 0 Å². The molecule has 0 aliphatic rings. The number of aryl methyl sites for hydroxylation is 1. The highest BCUT2D eigenvalue weighted by Gasteiger charge is 2.07. The van der Waals surface area contributed by atoms with Crippen LogP contribution in [0.1, 0.15) is 18.2 Å². The Bertz CT molecular complexity index is 616. The van der Waals surface area contributed by atoms with Gasteiger partial charge in [0.05, 0.1) is 16.1 Å². The lowest BCUT2D eigenvalue weighted by atomic mass is 10.2. The van der Waals surface area contributed by atoms with Crippen molar-refractivity contribution in [2.75, 3.05) is 0 Å². The van der Waals surface area contributed by atoms with E-state index in [4.69, 9.17) is 11.6 Å². The van der Waals surface area contributed by atoms with Gasteiger partial charge in [-0.3, -0.25) is 4.79 Å². The fourth-order valence-corrected chi connectivity index (χ4v) is 1.86. The van der Waals surface area contributed by atoms with E-state index < -0.39 is 0 Å². The van der Waals surface area contributed by atoms with Crippen molar-refractivity contribution in [3.8, 4) is 0 Å². The fraction of sp³-hybridized carbons (Fsp3) is 0.167. The van der Waals surface area contributed by atoms with E-state index in [0.717, 1.165) is 5.56 Å². The highest BCUT2D eigenvalue weighted by atomic mass is 35.5. The number of hydrogen-bond donors (Lipinski definition) is 1. The summed E-state index contributed by atoms with van der Waals surface area (Å²) in [4.78, 5) is 18.6. The molecule has 1 aromatic carbocycles. The number of aromatic amines is 1. The standard InChI is InChI=1S/C12H11ClN2O/c1-3-7-5-6-9-11(10(7)13)15-12(16)8(4-2)14-9/h3,5-6H,1,4H2,2H3,(H,15,16). The molecule has 1 aromatic heterocycles. The molecule has 4 heteroatoms. The van der Waals surface area contributed by atoms with Gasteiger partial charge in [-0.25, -0.2) is 4.98 Å². The predicted molar refractivity (Wildman–Crippen MR) is 66.8 cm³/mol. The molecule has 0 radical (unpaired) electrons. The second-order valence-corrected chi connectivity index (χ2v) is 3.81. The smallest absolute Gasteiger partial charge is 0.270 e. The minimum atomic E-state index is -0.182. The maximum absolute atomic E-state index is 11.6. The molecule has 0 aliphatic carbocycles. The summed E-state index contributed by atoms with van der Waals surface area (Å²) in [5, 5.41) is 0.486. The van der Waals surface area contributed by atoms with Crippen molar-refractivity contribution in [3.05, 3.63) is 45.3 Å². The molecule has 0 bridgehead atoms. The van der Waals surface area contributed by atoms with E-state index in [1.165, 1.54) is 0 Å². The van der Waals surface area contributed by atoms with E-state index in [0.29, 0.717) is 28.2 Å². The lowest BCUT2D eigenvalue weighted by Crippen LogP contribution is -2.14. The maximum atomic E-state index is 11.6. The molecule has 2 aromatic rings. The molecule has 0 amide bonds. The number of fused-ring (bicyclic) bond motifs is 1. The first-order valence-electron chi connectivity index (χ1n) is 5.01. The molecule has 0 spiro atoms. The van der Waals surface area contributed by atoms with Crippen LogP contribution in [-0.4, -0.2) is 9.97 Å². The minimum absolute atomic E-state index is 0.182. The Balaban J connectivity index is 2.86. The third-order valence-electron chi connectivity index (χ3n) is 2.46. The van der Waals surface area contributed by atoms with Crippen LogP contribution in [0.15, 0.2) is 23.5 Å². The molecule has 1 heterocycles. The van der Waals surface area contributed by atoms with Crippen LogP contribution in [0.4, 0.5) is 0 Å². The summed E-state index contributed by atoms with van der Waals surface area (Å²) in [7, 11) is 0. The normalized spacial score (nSPS) is 10.6. The zero-order chi connectivity index (χ0) is 11.7. The number of rotatable bonds is 2. The number of benzene rings is 1. The highest BCUT2D eigenvalue weighted by Crippen LogP contribution is 2.24. The average Bonchev–Trinajstić information content (AvgIpc) is 2.30. The Kier molecular flexibility index (Phi) is 2.79. The molecule has 1 N–H and O–H groups in total. The second-order valence-electron chi connectivity index (χ2n) is 3.43. The Morgan fingerprint density at radius 3 is 2.94 bits per heavy atom. The van der Waals surface area contributed by atoms with Gasteiger partial charge in [0.1, 0.15) is 5.69 Å². The van der Waals surface area contributed by atoms with Gasteiger partial charge in [-0.05, 0) is 18.1 Å². The van der Waals surface area contributed by atoms with E-state index in [9.17, 15) is 4.79 Å². The SMILES string of the molecule is C=Cc1ccc2nc(CC)c(=O)[nH]c2c1Cl. The van der Waals surface area contributed by atoms with Crippen LogP contribution in [0, 0.1) is 0 Å². The number of nitrogens with zero attached hydrogens (tertiary/aromatic N) is 1. The molecule has 0 unspecified atom stereocenters. The lowest BCUT2D eigenvalue weighted by molar-refractivity contribution is 0.996. The van der Waals surface area contributed by atoms with Crippen molar-refractivity contribution >= 4 is 28.7 Å². The van der Waals surface area contributed by atoms with Crippen LogP contribution in [0.25, 0.3) is 17.1 Å². The van der Waals surface area contributed by atoms with Gasteiger partial charge in [0.2, 0.25) is 0 Å². The third kappa shape index (κ3) is 1.63. The predicted octanol–water partition coefficient (Wildman–Crippen LogP) is 2.78. The molecule has 0 atom stereocenters. The van der Waals surface area contributed by atoms with Gasteiger partial charge in [-0.1, -0.05) is 37.2 Å². The number of aromatic nitrogens is 2. The summed E-state index contributed by atoms with van der Waals surface area (Å²) in [6.45, 7) is 5.55. The van der Waals surface area contributed by atoms with Gasteiger partial charge in [-0.2, -0.15) is 0 Å². The van der Waals surface area contributed by atoms with Crippen molar-refractivity contribution in [2.24, 2.45) is 0 Å². The number of H-pyrrole nitrogens is 1. The third-order valence-corrected chi connectivity index (χ3v) is 2.87. The van der Waals surface area contributed by atoms with E-state index in [-0.39, 0.29) is 5.56 Å². The summed E-state index contributed by atoms with van der Waals surface area (Å²) < 4.78 is 0. The fourth-order valence-electron chi connectivity index (χ4n) is 1.57. The summed E-state index contributed by atoms with van der Waals surface area (Å²) in [6.07, 6.45) is 2.25. The quantitative estimate of drug-likeness (QED) is 0.869. The number of halogens is 1. The van der Waals surface area contributed by atoms with Crippen molar-refractivity contribution in [1.82, 2.24) is 9.97 Å². The molecule has 82 valence electrons. The number of nitrogens with one attached hydrogen (secondary N) is 1. The summed E-state index contributed by atoms with van der Waals surface area (Å²) in [5.41, 5.74) is 2.40. The zero-order valence-corrected chi connectivity index (χ0v) is 9.64. The van der Waals surface area contributed by atoms with Crippen LogP contribution in [0.5, 0.6) is 0 Å². The average molecular weight is 235 g/mol. The van der Waals surface area contributed by atoms with E-state index in [1.807, 2.05) is 19.1 Å². The summed E-state index contributed by atoms with van der Waals surface area (Å²) >= 11 is 6.13. The van der Waals surface area contributed by atoms with Crippen LogP contribution >= 0.6 is 11.6 Å². The van der Waals surface area contributed by atoms with E-state index in [1.54, 1.807) is 6.08 Å². The molecule has 0 saturated carbocycles. The lowest BCUT2D eigenvalue weighted by Gasteiger charge is -2.04. The Labute approximate surface area is 97.8 Å². The van der Waals surface area contributed by atoms with Gasteiger partial charge in [0.15, 0.2) is 0 Å². The second kappa shape index (κ2) is 4.10. The van der Waals surface area contributed by atoms with Crippen LogP contribution in [0.3, 0.4) is 0 Å². The maximum Gasteiger partial charge on any atom is 0.270 e. The number of hydrogen-bond acceptors (Lipinski definition) is 2. The summed E-state index contributed by atoms with van der Waals surface area (Å²) in [6, 6.07) is 3.66. The Morgan fingerprint density at radius 2 is 2.31 bits per heavy atom. The van der Waals surface area contributed by atoms with E-state index in [2.05, 4.69) is 16.5 Å². The molecule has 16 heavy (non-hydrogen) atoms. The van der Waals surface area contributed by atoms with Gasteiger partial charge in [0, 0.05) is 0 Å². The molecule has 0 saturated heterocycles. The molecule has 3 nitrogen and oxygen atoms in total. The Morgan fingerprint density at radius 1 is 1.56 bits per heavy atom. The van der Waals surface area contributed by atoms with Crippen molar-refractivity contribution in [2.45, 2.75) is 13.3 Å².